The van der Waals surface area contributed by atoms with Gasteiger partial charge in [0.25, 0.3) is 0 Å². The summed E-state index contributed by atoms with van der Waals surface area (Å²) in [5, 5.41) is 0. The predicted molar refractivity (Wildman–Crippen MR) is 29.4 cm³/mol. The Morgan fingerprint density at radius 1 is 1.33 bits per heavy atom. The van der Waals surface area contributed by atoms with Gasteiger partial charge in [-0.3, -0.25) is 0 Å². The van der Waals surface area contributed by atoms with Crippen LogP contribution in [0.3, 0.4) is 0 Å². The van der Waals surface area contributed by atoms with E-state index in [9.17, 15) is 0 Å². The Morgan fingerprint density at radius 3 is 1.50 bits per heavy atom. The Labute approximate surface area is 40.9 Å². The molecule has 0 unspecified atom stereocenters. The molecule has 0 fully saturated rings. The minimum absolute atomic E-state index is 0. The molecule has 0 heteroatoms. The largest absolute Gasteiger partial charge is 0.0890 e. The minimum atomic E-state index is 0. The van der Waals surface area contributed by atoms with Crippen molar-refractivity contribution in [1.29, 1.82) is 0 Å². The molecule has 0 saturated heterocycles. The number of hydrogen-bond donors (Lipinski definition) is 0. The number of allylic oxidation sites excluding steroid dienone is 2. The molecule has 0 amide bonds. The summed E-state index contributed by atoms with van der Waals surface area (Å²) >= 11 is 0. The Bertz CT molecular complexity index is 38.0. The monoisotopic (exact) mass is 83.1 g/mol. The van der Waals surface area contributed by atoms with Crippen LogP contribution in [-0.2, 0) is 0 Å². The molecule has 0 atom stereocenters. The molecule has 0 N–H and O–H groups in total. The van der Waals surface area contributed by atoms with Gasteiger partial charge in [0.1, 0.15) is 0 Å². The van der Waals surface area contributed by atoms with E-state index in [1.165, 1.54) is 5.57 Å². The van der Waals surface area contributed by atoms with Crippen molar-refractivity contribution in [3.63, 3.8) is 0 Å². The van der Waals surface area contributed by atoms with Gasteiger partial charge in [-0.15, -0.1) is 0 Å². The van der Waals surface area contributed by atoms with Crippen molar-refractivity contribution in [1.82, 2.24) is 0 Å². The van der Waals surface area contributed by atoms with Crippen molar-refractivity contribution < 1.29 is 0 Å². The van der Waals surface area contributed by atoms with E-state index in [4.69, 9.17) is 0 Å². The molecule has 0 heterocycles. The van der Waals surface area contributed by atoms with Gasteiger partial charge in [-0.05, 0) is 28.2 Å². The first-order chi connectivity index (χ1) is 2.27. The topological polar surface area (TPSA) is 0 Å². The van der Waals surface area contributed by atoms with Gasteiger partial charge >= 0.3 is 0 Å². The molecule has 0 aromatic carbocycles. The second kappa shape index (κ2) is 4.74. The second-order valence-corrected chi connectivity index (χ2v) is 1.37. The van der Waals surface area contributed by atoms with E-state index >= 15 is 0 Å². The van der Waals surface area contributed by atoms with Gasteiger partial charge in [0, 0.05) is 0 Å². The highest BCUT2D eigenvalue weighted by molar-refractivity contribution is 4.88. The highest BCUT2D eigenvalue weighted by Crippen LogP contribution is 1.82. The summed E-state index contributed by atoms with van der Waals surface area (Å²) in [6.07, 6.45) is 2.08. The van der Waals surface area contributed by atoms with E-state index in [2.05, 4.69) is 19.9 Å². The van der Waals surface area contributed by atoms with Gasteiger partial charge in [-0.2, -0.15) is 0 Å². The zero-order chi connectivity index (χ0) is 4.28. The third-order valence-corrected chi connectivity index (χ3v) is 0.577. The molecule has 0 aliphatic rings. The van der Waals surface area contributed by atoms with E-state index in [-0.39, 0.29) is 7.43 Å². The molecule has 6 heavy (non-hydrogen) atoms. The summed E-state index contributed by atoms with van der Waals surface area (Å²) < 4.78 is 0. The fourth-order valence-corrected chi connectivity index (χ4v) is 0. The van der Waals surface area contributed by atoms with Crippen LogP contribution in [0.25, 0.3) is 0 Å². The van der Waals surface area contributed by atoms with Gasteiger partial charge in [0.05, 0.1) is 0 Å². The molecule has 0 nitrogen and oxygen atoms in total. The van der Waals surface area contributed by atoms with Crippen LogP contribution >= 0.6 is 0 Å². The van der Waals surface area contributed by atoms with Crippen LogP contribution in [0.15, 0.2) is 11.6 Å². The van der Waals surface area contributed by atoms with Crippen LogP contribution in [0.4, 0.5) is 0 Å². The Balaban J connectivity index is 0. The Morgan fingerprint density at radius 2 is 1.50 bits per heavy atom. The number of hydrogen-bond acceptors (Lipinski definition) is 0. The quantitative estimate of drug-likeness (QED) is 0.394. The summed E-state index contributed by atoms with van der Waals surface area (Å²) in [4.78, 5) is 0. The predicted octanol–water partition coefficient (Wildman–Crippen LogP) is 2.18. The van der Waals surface area contributed by atoms with Gasteiger partial charge in [-0.1, -0.05) is 11.6 Å². The summed E-state index contributed by atoms with van der Waals surface area (Å²) in [7, 11) is 0. The second-order valence-electron chi connectivity index (χ2n) is 1.37. The van der Waals surface area contributed by atoms with Gasteiger partial charge < -0.3 is 0 Å². The summed E-state index contributed by atoms with van der Waals surface area (Å²) in [6.45, 7) is 6.20. The molecule has 0 aromatic rings. The Kier molecular flexibility index (Phi) is 7.28. The third-order valence-electron chi connectivity index (χ3n) is 0.577. The lowest BCUT2D eigenvalue weighted by Gasteiger charge is -1.74. The highest BCUT2D eigenvalue weighted by atomic mass is 13.7. The first kappa shape index (κ1) is 9.22. The molecular formula is C6H11. The first-order valence-corrected chi connectivity index (χ1v) is 1.87. The van der Waals surface area contributed by atoms with Crippen molar-refractivity contribution in [2.75, 3.05) is 0 Å². The molecule has 0 aromatic heterocycles. The first-order valence-electron chi connectivity index (χ1n) is 1.87. The normalized spacial score (nSPS) is 5.83. The van der Waals surface area contributed by atoms with Gasteiger partial charge in [0.15, 0.2) is 0 Å². The molecular weight excluding hydrogens is 72.1 g/mol. The summed E-state index contributed by atoms with van der Waals surface area (Å²) in [5.41, 5.74) is 1.38. The Hall–Kier alpha value is -0.260. The standard InChI is InChI=1S/C5H10.CH/c1-4-5(2)3;/h4H,1-3H3;1H. The van der Waals surface area contributed by atoms with Crippen LogP contribution in [0.2, 0.25) is 0 Å². The molecule has 0 aliphatic carbocycles. The smallest absolute Gasteiger partial charge is 0.0312 e. The fourth-order valence-electron chi connectivity index (χ4n) is 0. The van der Waals surface area contributed by atoms with E-state index in [1.807, 2.05) is 6.92 Å². The highest BCUT2D eigenvalue weighted by Gasteiger charge is 1.60. The molecule has 0 bridgehead atoms. The van der Waals surface area contributed by atoms with E-state index < -0.39 is 0 Å². The molecule has 0 aliphatic heterocycles. The molecule has 3 radical (unpaired) electrons. The molecule has 0 spiro atoms. The SMILES string of the molecule is CC=C(C)C.[CH]. The van der Waals surface area contributed by atoms with E-state index in [0.29, 0.717) is 0 Å². The molecule has 0 rings (SSSR count). The maximum Gasteiger partial charge on any atom is -0.0312 e. The fraction of sp³-hybridized carbons (Fsp3) is 0.500. The zero-order valence-corrected chi connectivity index (χ0v) is 4.65. The van der Waals surface area contributed by atoms with Crippen molar-refractivity contribution in [2.45, 2.75) is 20.8 Å². The van der Waals surface area contributed by atoms with Crippen LogP contribution < -0.4 is 0 Å². The summed E-state index contributed by atoms with van der Waals surface area (Å²) in [6, 6.07) is 0. The summed E-state index contributed by atoms with van der Waals surface area (Å²) in [5.74, 6) is 0. The van der Waals surface area contributed by atoms with Crippen LogP contribution in [-0.4, -0.2) is 0 Å². The lowest BCUT2D eigenvalue weighted by Crippen LogP contribution is -1.52. The van der Waals surface area contributed by atoms with Crippen LogP contribution in [0.1, 0.15) is 20.8 Å². The van der Waals surface area contributed by atoms with E-state index in [1.54, 1.807) is 0 Å². The van der Waals surface area contributed by atoms with Crippen molar-refractivity contribution >= 4 is 0 Å². The molecule has 35 valence electrons. The van der Waals surface area contributed by atoms with Crippen LogP contribution in [0.5, 0.6) is 0 Å². The van der Waals surface area contributed by atoms with Gasteiger partial charge in [0.2, 0.25) is 0 Å². The van der Waals surface area contributed by atoms with Crippen molar-refractivity contribution in [2.24, 2.45) is 0 Å². The minimum Gasteiger partial charge on any atom is -0.0890 e. The molecule has 0 saturated carbocycles. The lowest BCUT2D eigenvalue weighted by molar-refractivity contribution is 1.36. The van der Waals surface area contributed by atoms with Crippen molar-refractivity contribution in [3.8, 4) is 0 Å². The van der Waals surface area contributed by atoms with Crippen molar-refractivity contribution in [3.05, 3.63) is 19.1 Å². The number of rotatable bonds is 0. The average Bonchev–Trinajstić information content (AvgIpc) is 1.38. The average molecular weight is 83.2 g/mol. The van der Waals surface area contributed by atoms with Crippen LogP contribution in [0, 0.1) is 7.43 Å². The van der Waals surface area contributed by atoms with Gasteiger partial charge in [-0.25, -0.2) is 0 Å². The third kappa shape index (κ3) is 9.27. The maximum atomic E-state index is 2.08. The zero-order valence-electron chi connectivity index (χ0n) is 4.65. The maximum absolute atomic E-state index is 2.08. The van der Waals surface area contributed by atoms with E-state index in [0.717, 1.165) is 0 Å². The lowest BCUT2D eigenvalue weighted by atomic mass is 10.3.